The lowest BCUT2D eigenvalue weighted by Crippen LogP contribution is -2.11. The van der Waals surface area contributed by atoms with E-state index in [0.29, 0.717) is 5.02 Å². The number of aromatic nitrogens is 2. The van der Waals surface area contributed by atoms with E-state index in [0.717, 1.165) is 12.1 Å². The number of halogens is 3. The van der Waals surface area contributed by atoms with Crippen LogP contribution < -0.4 is 0 Å². The molecule has 0 fully saturated rings. The van der Waals surface area contributed by atoms with Gasteiger partial charge in [-0.25, -0.2) is 8.78 Å². The second kappa shape index (κ2) is 4.63. The lowest BCUT2D eigenvalue weighted by Gasteiger charge is -2.02. The molecule has 0 radical (unpaired) electrons. The number of carbonyl (C=O) groups is 1. The predicted octanol–water partition coefficient (Wildman–Crippen LogP) is 2.70. The Kier molecular flexibility index (Phi) is 3.19. The fourth-order valence-electron chi connectivity index (χ4n) is 1.33. The third kappa shape index (κ3) is 2.68. The number of nitrogens with zero attached hydrogens (tertiary/aromatic N) is 2. The van der Waals surface area contributed by atoms with Crippen LogP contribution in [0.15, 0.2) is 30.6 Å². The van der Waals surface area contributed by atoms with Crippen LogP contribution in [0.4, 0.5) is 8.78 Å². The van der Waals surface area contributed by atoms with Gasteiger partial charge in [0.2, 0.25) is 0 Å². The highest BCUT2D eigenvalue weighted by atomic mass is 35.5. The van der Waals surface area contributed by atoms with E-state index >= 15 is 0 Å². The Morgan fingerprint density at radius 3 is 2.71 bits per heavy atom. The summed E-state index contributed by atoms with van der Waals surface area (Å²) in [4.78, 5) is 11.7. The molecule has 0 saturated carbocycles. The highest BCUT2D eigenvalue weighted by molar-refractivity contribution is 6.30. The monoisotopic (exact) mass is 256 g/mol. The molecule has 88 valence electrons. The predicted molar refractivity (Wildman–Crippen MR) is 57.9 cm³/mol. The van der Waals surface area contributed by atoms with Gasteiger partial charge in [0.25, 0.3) is 0 Å². The van der Waals surface area contributed by atoms with E-state index in [9.17, 15) is 13.6 Å². The van der Waals surface area contributed by atoms with Gasteiger partial charge in [-0.2, -0.15) is 5.10 Å². The van der Waals surface area contributed by atoms with E-state index < -0.39 is 11.6 Å². The smallest absolute Gasteiger partial charge is 0.184 e. The summed E-state index contributed by atoms with van der Waals surface area (Å²) in [5, 5.41) is 4.22. The summed E-state index contributed by atoms with van der Waals surface area (Å²) >= 11 is 5.63. The van der Waals surface area contributed by atoms with Crippen molar-refractivity contribution in [2.45, 2.75) is 6.54 Å². The van der Waals surface area contributed by atoms with E-state index in [1.54, 1.807) is 0 Å². The van der Waals surface area contributed by atoms with Crippen molar-refractivity contribution in [3.8, 4) is 0 Å². The molecule has 0 aliphatic heterocycles. The van der Waals surface area contributed by atoms with Crippen molar-refractivity contribution in [2.24, 2.45) is 0 Å². The van der Waals surface area contributed by atoms with E-state index in [4.69, 9.17) is 11.6 Å². The number of carbonyl (C=O) groups excluding carboxylic acids is 1. The zero-order valence-electron chi connectivity index (χ0n) is 8.53. The molecule has 0 unspecified atom stereocenters. The van der Waals surface area contributed by atoms with Crippen LogP contribution in [-0.4, -0.2) is 15.6 Å². The van der Waals surface area contributed by atoms with Crippen LogP contribution in [-0.2, 0) is 6.54 Å². The second-order valence-electron chi connectivity index (χ2n) is 3.41. The molecule has 3 nitrogen and oxygen atoms in total. The number of hydrogen-bond donors (Lipinski definition) is 0. The Morgan fingerprint density at radius 1 is 1.35 bits per heavy atom. The highest BCUT2D eigenvalue weighted by Gasteiger charge is 2.10. The van der Waals surface area contributed by atoms with Crippen molar-refractivity contribution in [3.05, 3.63) is 52.8 Å². The van der Waals surface area contributed by atoms with E-state index in [1.165, 1.54) is 23.1 Å². The lowest BCUT2D eigenvalue weighted by atomic mass is 10.1. The molecule has 0 spiro atoms. The Labute approximate surface area is 101 Å². The number of Topliss-reactive ketones (excluding diaryl/α,β-unsaturated/α-hetero) is 1. The summed E-state index contributed by atoms with van der Waals surface area (Å²) in [6, 6.07) is 3.01. The topological polar surface area (TPSA) is 34.9 Å². The molecule has 0 aliphatic carbocycles. The standard InChI is InChI=1S/C11H7ClF2N2O/c12-8-4-15-16(5-8)6-11(17)7-1-2-9(13)10(14)3-7/h1-5H,6H2. The second-order valence-corrected chi connectivity index (χ2v) is 3.84. The van der Waals surface area contributed by atoms with Crippen molar-refractivity contribution in [1.29, 1.82) is 0 Å². The number of benzene rings is 1. The Hall–Kier alpha value is -1.75. The fraction of sp³-hybridized carbons (Fsp3) is 0.0909. The minimum atomic E-state index is -1.05. The van der Waals surface area contributed by atoms with Gasteiger partial charge in [-0.3, -0.25) is 9.48 Å². The first kappa shape index (κ1) is 11.7. The molecule has 0 atom stereocenters. The molecule has 1 heterocycles. The van der Waals surface area contributed by atoms with Crippen LogP contribution in [0.5, 0.6) is 0 Å². The molecule has 6 heteroatoms. The fourth-order valence-corrected chi connectivity index (χ4v) is 1.49. The summed E-state index contributed by atoms with van der Waals surface area (Å²) in [6.45, 7) is -0.0716. The van der Waals surface area contributed by atoms with Gasteiger partial charge in [-0.15, -0.1) is 0 Å². The van der Waals surface area contributed by atoms with Crippen LogP contribution in [0, 0.1) is 11.6 Å². The van der Waals surface area contributed by atoms with Crippen molar-refractivity contribution in [3.63, 3.8) is 0 Å². The van der Waals surface area contributed by atoms with Crippen molar-refractivity contribution in [2.75, 3.05) is 0 Å². The zero-order valence-corrected chi connectivity index (χ0v) is 9.29. The maximum atomic E-state index is 12.9. The molecule has 1 aromatic carbocycles. The summed E-state index contributed by atoms with van der Waals surface area (Å²) in [6.07, 6.45) is 2.86. The van der Waals surface area contributed by atoms with Gasteiger partial charge >= 0.3 is 0 Å². The first-order valence-electron chi connectivity index (χ1n) is 4.72. The van der Waals surface area contributed by atoms with Crippen LogP contribution >= 0.6 is 11.6 Å². The van der Waals surface area contributed by atoms with E-state index in [-0.39, 0.29) is 17.9 Å². The third-order valence-corrected chi connectivity index (χ3v) is 2.34. The molecule has 0 saturated heterocycles. The summed E-state index contributed by atoms with van der Waals surface area (Å²) in [5.41, 5.74) is 0.0931. The molecule has 2 aromatic rings. The van der Waals surface area contributed by atoms with E-state index in [2.05, 4.69) is 5.10 Å². The number of rotatable bonds is 3. The van der Waals surface area contributed by atoms with Crippen molar-refractivity contribution in [1.82, 2.24) is 9.78 Å². The lowest BCUT2D eigenvalue weighted by molar-refractivity contribution is 0.0967. The summed E-state index contributed by atoms with van der Waals surface area (Å²) in [5.74, 6) is -2.40. The maximum absolute atomic E-state index is 12.9. The first-order chi connectivity index (χ1) is 8.06. The summed E-state index contributed by atoms with van der Waals surface area (Å²) < 4.78 is 26.9. The van der Waals surface area contributed by atoms with Crippen LogP contribution in [0.1, 0.15) is 10.4 Å². The molecule has 0 amide bonds. The molecule has 0 bridgehead atoms. The normalized spacial score (nSPS) is 10.5. The van der Waals surface area contributed by atoms with Gasteiger partial charge in [0, 0.05) is 11.8 Å². The van der Waals surface area contributed by atoms with Gasteiger partial charge in [0.05, 0.1) is 11.2 Å². The largest absolute Gasteiger partial charge is 0.292 e. The Bertz CT molecular complexity index is 568. The van der Waals surface area contributed by atoms with Gasteiger partial charge in [-0.05, 0) is 18.2 Å². The van der Waals surface area contributed by atoms with Crippen LogP contribution in [0.25, 0.3) is 0 Å². The number of ketones is 1. The first-order valence-corrected chi connectivity index (χ1v) is 5.10. The van der Waals surface area contributed by atoms with Crippen LogP contribution in [0.2, 0.25) is 5.02 Å². The average molecular weight is 257 g/mol. The van der Waals surface area contributed by atoms with Gasteiger partial charge in [0.15, 0.2) is 17.4 Å². The van der Waals surface area contributed by atoms with Crippen molar-refractivity contribution < 1.29 is 13.6 Å². The van der Waals surface area contributed by atoms with E-state index in [1.807, 2.05) is 0 Å². The molecule has 1 aromatic heterocycles. The Morgan fingerprint density at radius 2 is 2.12 bits per heavy atom. The average Bonchev–Trinajstić information content (AvgIpc) is 2.68. The minimum absolute atomic E-state index is 0.0716. The quantitative estimate of drug-likeness (QED) is 0.792. The molecule has 0 N–H and O–H groups in total. The van der Waals surface area contributed by atoms with Crippen LogP contribution in [0.3, 0.4) is 0 Å². The zero-order chi connectivity index (χ0) is 12.4. The summed E-state index contributed by atoms with van der Waals surface area (Å²) in [7, 11) is 0. The van der Waals surface area contributed by atoms with Gasteiger partial charge in [0.1, 0.15) is 6.54 Å². The Balaban J connectivity index is 2.17. The maximum Gasteiger partial charge on any atom is 0.184 e. The van der Waals surface area contributed by atoms with Crippen molar-refractivity contribution >= 4 is 17.4 Å². The molecular weight excluding hydrogens is 250 g/mol. The SMILES string of the molecule is O=C(Cn1cc(Cl)cn1)c1ccc(F)c(F)c1. The molecule has 17 heavy (non-hydrogen) atoms. The van der Waals surface area contributed by atoms with Gasteiger partial charge in [-0.1, -0.05) is 11.6 Å². The number of hydrogen-bond acceptors (Lipinski definition) is 2. The van der Waals surface area contributed by atoms with Gasteiger partial charge < -0.3 is 0 Å². The molecule has 0 aliphatic rings. The minimum Gasteiger partial charge on any atom is -0.292 e. The highest BCUT2D eigenvalue weighted by Crippen LogP contribution is 2.11. The third-order valence-electron chi connectivity index (χ3n) is 2.15. The molecular formula is C11H7ClF2N2O. The molecule has 2 rings (SSSR count).